The number of amides is 1. The number of nitrogens with zero attached hydrogens (tertiary/aromatic N) is 2. The van der Waals surface area contributed by atoms with Gasteiger partial charge in [0.1, 0.15) is 17.8 Å². The Labute approximate surface area is 137 Å². The molecule has 0 fully saturated rings. The standard InChI is InChI=1S/C15H11FN4O2.ClH/c16-11-2-4-14(21)10(5-11)7-20-8-18-12-3-1-9(6-13(12)20)15(22)19-17;/h1-8H,17H2,(H,19,22);1H/p+1. The Hall–Kier alpha value is -2.77. The lowest BCUT2D eigenvalue weighted by Gasteiger charge is -2.02. The smallest absolute Gasteiger partial charge is 0.292 e. The second-order valence-corrected chi connectivity index (χ2v) is 4.66. The highest BCUT2D eigenvalue weighted by molar-refractivity contribution is 5.96. The fourth-order valence-electron chi connectivity index (χ4n) is 2.13. The van der Waals surface area contributed by atoms with Gasteiger partial charge in [-0.05, 0) is 35.3 Å². The van der Waals surface area contributed by atoms with Gasteiger partial charge in [-0.2, -0.15) is 4.58 Å². The van der Waals surface area contributed by atoms with Crippen molar-refractivity contribution in [3.05, 3.63) is 53.3 Å². The molecule has 1 aliphatic heterocycles. The molecule has 0 unspecified atom stereocenters. The number of nitrogens with one attached hydrogen (secondary N) is 1. The number of nitrogen functional groups attached to an aromatic ring is 1. The van der Waals surface area contributed by atoms with E-state index in [1.165, 1.54) is 30.8 Å². The first-order valence-corrected chi connectivity index (χ1v) is 6.39. The summed E-state index contributed by atoms with van der Waals surface area (Å²) >= 11 is 0. The van der Waals surface area contributed by atoms with Gasteiger partial charge in [0.2, 0.25) is 5.69 Å². The summed E-state index contributed by atoms with van der Waals surface area (Å²) in [4.78, 5) is 15.8. The van der Waals surface area contributed by atoms with E-state index in [2.05, 4.69) is 10.4 Å². The lowest BCUT2D eigenvalue weighted by molar-refractivity contribution is -0.282. The van der Waals surface area contributed by atoms with Crippen molar-refractivity contribution < 1.29 is 18.9 Å². The lowest BCUT2D eigenvalue weighted by Crippen LogP contribution is -2.29. The molecule has 4 N–H and O–H groups in total. The van der Waals surface area contributed by atoms with Crippen molar-refractivity contribution in [3.63, 3.8) is 0 Å². The lowest BCUT2D eigenvalue weighted by atomic mass is 10.1. The topological polar surface area (TPSA) is 90.7 Å². The minimum absolute atomic E-state index is 0. The van der Waals surface area contributed by atoms with E-state index >= 15 is 0 Å². The monoisotopic (exact) mass is 335 g/mol. The highest BCUT2D eigenvalue weighted by Crippen LogP contribution is 2.32. The number of phenols is 1. The number of halogens is 2. The van der Waals surface area contributed by atoms with E-state index in [1.807, 2.05) is 0 Å². The Balaban J connectivity index is 0.00000192. The van der Waals surface area contributed by atoms with Gasteiger partial charge in [-0.3, -0.25) is 10.2 Å². The molecule has 0 aromatic heterocycles. The van der Waals surface area contributed by atoms with Crippen LogP contribution in [-0.4, -0.2) is 28.1 Å². The normalized spacial score (nSPS) is 13.6. The summed E-state index contributed by atoms with van der Waals surface area (Å²) in [6, 6.07) is 8.53. The van der Waals surface area contributed by atoms with Crippen LogP contribution in [0, 0.1) is 5.82 Å². The van der Waals surface area contributed by atoms with E-state index in [4.69, 9.17) is 5.84 Å². The maximum atomic E-state index is 13.3. The summed E-state index contributed by atoms with van der Waals surface area (Å²) < 4.78 is 14.9. The number of hydrazine groups is 1. The molecule has 6 nitrogen and oxygen atoms in total. The van der Waals surface area contributed by atoms with Crippen molar-refractivity contribution in [3.8, 4) is 5.75 Å². The van der Waals surface area contributed by atoms with Gasteiger partial charge in [-0.15, -0.1) is 12.4 Å². The van der Waals surface area contributed by atoms with Crippen LogP contribution in [0.15, 0.2) is 41.4 Å². The molecular weight excluding hydrogens is 323 g/mol. The number of aliphatic imine (C=N–C) groups is 1. The number of nitrogens with two attached hydrogens (primary N) is 1. The second-order valence-electron chi connectivity index (χ2n) is 4.66. The summed E-state index contributed by atoms with van der Waals surface area (Å²) in [5.41, 5.74) is 4.01. The molecule has 0 spiro atoms. The number of phenolic OH excluding ortho intramolecular Hbond substituents is 1. The van der Waals surface area contributed by atoms with Gasteiger partial charge in [-0.25, -0.2) is 10.2 Å². The van der Waals surface area contributed by atoms with E-state index in [0.29, 0.717) is 22.5 Å². The van der Waals surface area contributed by atoms with Gasteiger partial charge in [0.05, 0.1) is 5.56 Å². The molecule has 0 atom stereocenters. The number of aromatic hydroxyl groups is 1. The molecule has 0 saturated carbocycles. The third kappa shape index (κ3) is 3.20. The molecular formula is C15H13ClFN4O2+. The van der Waals surface area contributed by atoms with Crippen molar-refractivity contribution >= 4 is 42.2 Å². The SMILES string of the molecule is Cl.NNC(=O)c1ccc2c(c1)[N+](=Cc1cc(F)ccc1O)C=N2. The Morgan fingerprint density at radius 2 is 2.09 bits per heavy atom. The Kier molecular flexibility index (Phi) is 4.73. The summed E-state index contributed by atoms with van der Waals surface area (Å²) in [7, 11) is 0. The molecule has 0 aliphatic carbocycles. The molecule has 0 radical (unpaired) electrons. The maximum absolute atomic E-state index is 13.3. The van der Waals surface area contributed by atoms with E-state index in [9.17, 15) is 14.3 Å². The van der Waals surface area contributed by atoms with Crippen molar-refractivity contribution in [1.29, 1.82) is 0 Å². The van der Waals surface area contributed by atoms with Crippen LogP contribution < -0.4 is 11.3 Å². The molecule has 23 heavy (non-hydrogen) atoms. The molecule has 0 bridgehead atoms. The van der Waals surface area contributed by atoms with Crippen LogP contribution in [0.5, 0.6) is 5.75 Å². The number of carbonyl (C=O) groups is 1. The Morgan fingerprint density at radius 1 is 1.30 bits per heavy atom. The number of benzene rings is 2. The maximum Gasteiger partial charge on any atom is 0.292 e. The highest BCUT2D eigenvalue weighted by atomic mass is 35.5. The molecule has 2 aromatic rings. The minimum Gasteiger partial charge on any atom is -0.507 e. The average Bonchev–Trinajstić information content (AvgIpc) is 2.92. The quantitative estimate of drug-likeness (QED) is 0.339. The summed E-state index contributed by atoms with van der Waals surface area (Å²) in [6.07, 6.45) is 3.04. The van der Waals surface area contributed by atoms with E-state index < -0.39 is 11.7 Å². The fraction of sp³-hybridized carbons (Fsp3) is 0. The molecule has 118 valence electrons. The first-order valence-electron chi connectivity index (χ1n) is 6.39. The number of fused-ring (bicyclic) bond motifs is 1. The molecule has 1 amide bonds. The van der Waals surface area contributed by atoms with E-state index in [1.54, 1.807) is 22.8 Å². The number of hydrogen-bond acceptors (Lipinski definition) is 4. The van der Waals surface area contributed by atoms with Gasteiger partial charge < -0.3 is 5.11 Å². The molecule has 3 rings (SSSR count). The van der Waals surface area contributed by atoms with Gasteiger partial charge in [-0.1, -0.05) is 0 Å². The second kappa shape index (κ2) is 6.55. The molecule has 0 saturated heterocycles. The van der Waals surface area contributed by atoms with Crippen LogP contribution in [0.25, 0.3) is 0 Å². The van der Waals surface area contributed by atoms with Crippen molar-refractivity contribution in [2.45, 2.75) is 0 Å². The van der Waals surface area contributed by atoms with Gasteiger partial charge in [0.15, 0.2) is 5.69 Å². The van der Waals surface area contributed by atoms with Gasteiger partial charge in [0.25, 0.3) is 12.2 Å². The van der Waals surface area contributed by atoms with Crippen molar-refractivity contribution in [2.24, 2.45) is 10.8 Å². The Morgan fingerprint density at radius 3 is 2.83 bits per heavy atom. The average molecular weight is 336 g/mol. The number of hydrogen-bond donors (Lipinski definition) is 3. The first kappa shape index (κ1) is 16.6. The third-order valence-electron chi connectivity index (χ3n) is 3.24. The summed E-state index contributed by atoms with van der Waals surface area (Å²) in [5.74, 6) is 4.17. The van der Waals surface area contributed by atoms with Crippen LogP contribution in [0.1, 0.15) is 15.9 Å². The van der Waals surface area contributed by atoms with Crippen molar-refractivity contribution in [1.82, 2.24) is 5.43 Å². The van der Waals surface area contributed by atoms with Crippen LogP contribution in [0.3, 0.4) is 0 Å². The van der Waals surface area contributed by atoms with Crippen molar-refractivity contribution in [2.75, 3.05) is 0 Å². The molecule has 2 aromatic carbocycles. The zero-order valence-corrected chi connectivity index (χ0v) is 12.5. The molecule has 8 heteroatoms. The predicted octanol–water partition coefficient (Wildman–Crippen LogP) is 1.99. The van der Waals surface area contributed by atoms with Crippen LogP contribution in [-0.2, 0) is 0 Å². The minimum atomic E-state index is -0.461. The van der Waals surface area contributed by atoms with Crippen LogP contribution in [0.2, 0.25) is 0 Å². The van der Waals surface area contributed by atoms with Gasteiger partial charge >= 0.3 is 0 Å². The zero-order chi connectivity index (χ0) is 15.7. The fourth-order valence-corrected chi connectivity index (χ4v) is 2.13. The molecule has 1 heterocycles. The zero-order valence-electron chi connectivity index (χ0n) is 11.7. The van der Waals surface area contributed by atoms with E-state index in [-0.39, 0.29) is 18.2 Å². The van der Waals surface area contributed by atoms with Crippen LogP contribution in [0.4, 0.5) is 15.8 Å². The summed E-state index contributed by atoms with van der Waals surface area (Å²) in [5, 5.41) is 9.77. The Bertz CT molecular complexity index is 836. The number of rotatable bonds is 2. The van der Waals surface area contributed by atoms with Crippen LogP contribution >= 0.6 is 12.4 Å². The number of carbonyl (C=O) groups excluding carboxylic acids is 1. The van der Waals surface area contributed by atoms with Gasteiger partial charge in [0, 0.05) is 11.6 Å². The largest absolute Gasteiger partial charge is 0.507 e. The highest BCUT2D eigenvalue weighted by Gasteiger charge is 2.22. The summed E-state index contributed by atoms with van der Waals surface area (Å²) in [6.45, 7) is 0. The first-order chi connectivity index (χ1) is 10.6. The molecule has 1 aliphatic rings. The predicted molar refractivity (Wildman–Crippen MR) is 86.6 cm³/mol. The third-order valence-corrected chi connectivity index (χ3v) is 3.24. The van der Waals surface area contributed by atoms with E-state index in [0.717, 1.165) is 0 Å².